The second-order valence-corrected chi connectivity index (χ2v) is 6.35. The Hall–Kier alpha value is -1.93. The normalized spacial score (nSPS) is 11.1. The van der Waals surface area contributed by atoms with Crippen LogP contribution in [0.15, 0.2) is 53.7 Å². The van der Waals surface area contributed by atoms with Gasteiger partial charge in [0.1, 0.15) is 5.75 Å². The summed E-state index contributed by atoms with van der Waals surface area (Å²) < 4.78 is 5.37. The Morgan fingerprint density at radius 3 is 2.74 bits per heavy atom. The van der Waals surface area contributed by atoms with Crippen molar-refractivity contribution < 1.29 is 4.74 Å². The first kappa shape index (κ1) is 21.4. The highest BCUT2D eigenvalue weighted by Crippen LogP contribution is 2.22. The molecule has 0 amide bonds. The Morgan fingerprint density at radius 1 is 1.15 bits per heavy atom. The minimum absolute atomic E-state index is 0. The van der Waals surface area contributed by atoms with E-state index in [0.717, 1.165) is 30.2 Å². The van der Waals surface area contributed by atoms with Gasteiger partial charge in [-0.3, -0.25) is 4.99 Å². The van der Waals surface area contributed by atoms with E-state index in [1.165, 1.54) is 16.5 Å². The fraction of sp³-hybridized carbons (Fsp3) is 0.250. The molecule has 0 bridgehead atoms. The van der Waals surface area contributed by atoms with Crippen LogP contribution in [0.4, 0.5) is 0 Å². The van der Waals surface area contributed by atoms with E-state index in [4.69, 9.17) is 16.3 Å². The Labute approximate surface area is 181 Å². The van der Waals surface area contributed by atoms with Crippen LogP contribution in [0.1, 0.15) is 11.1 Å². The summed E-state index contributed by atoms with van der Waals surface area (Å²) in [5.74, 6) is 1.51. The lowest BCUT2D eigenvalue weighted by molar-refractivity contribution is 0.409. The lowest BCUT2D eigenvalue weighted by Crippen LogP contribution is -2.37. The van der Waals surface area contributed by atoms with Gasteiger partial charge in [0.25, 0.3) is 0 Å². The van der Waals surface area contributed by atoms with Gasteiger partial charge in [0.15, 0.2) is 5.96 Å². The second kappa shape index (κ2) is 10.4. The Morgan fingerprint density at radius 2 is 1.96 bits per heavy atom. The first-order valence-corrected chi connectivity index (χ1v) is 8.91. The maximum atomic E-state index is 6.01. The zero-order valence-corrected chi connectivity index (χ0v) is 18.5. The van der Waals surface area contributed by atoms with E-state index < -0.39 is 0 Å². The molecule has 2 aromatic carbocycles. The average Bonchev–Trinajstić information content (AvgIpc) is 3.08. The van der Waals surface area contributed by atoms with Crippen LogP contribution in [0.5, 0.6) is 5.75 Å². The molecule has 0 unspecified atom stereocenters. The molecular formula is C20H24ClIN4O. The summed E-state index contributed by atoms with van der Waals surface area (Å²) in [6.07, 6.45) is 2.98. The first-order valence-electron chi connectivity index (χ1n) is 8.53. The van der Waals surface area contributed by atoms with Crippen molar-refractivity contribution in [1.29, 1.82) is 0 Å². The molecule has 27 heavy (non-hydrogen) atoms. The summed E-state index contributed by atoms with van der Waals surface area (Å²) in [6, 6.07) is 13.9. The number of halogens is 2. The predicted molar refractivity (Wildman–Crippen MR) is 124 cm³/mol. The minimum Gasteiger partial charge on any atom is -0.496 e. The van der Waals surface area contributed by atoms with Crippen LogP contribution >= 0.6 is 35.6 Å². The van der Waals surface area contributed by atoms with Crippen LogP contribution in [0, 0.1) is 0 Å². The number of aliphatic imine (C=N–C) groups is 1. The number of rotatable bonds is 6. The molecule has 0 fully saturated rings. The molecule has 5 nitrogen and oxygen atoms in total. The molecule has 0 aliphatic rings. The number of hydrogen-bond acceptors (Lipinski definition) is 2. The van der Waals surface area contributed by atoms with Crippen molar-refractivity contribution >= 4 is 52.4 Å². The van der Waals surface area contributed by atoms with Gasteiger partial charge in [-0.25, -0.2) is 0 Å². The van der Waals surface area contributed by atoms with Crippen molar-refractivity contribution in [2.24, 2.45) is 4.99 Å². The molecule has 3 N–H and O–H groups in total. The summed E-state index contributed by atoms with van der Waals surface area (Å²) in [4.78, 5) is 7.58. The molecule has 1 aromatic heterocycles. The monoisotopic (exact) mass is 498 g/mol. The quantitative estimate of drug-likeness (QED) is 0.269. The van der Waals surface area contributed by atoms with Gasteiger partial charge in [0, 0.05) is 47.8 Å². The Kier molecular flexibility index (Phi) is 8.24. The van der Waals surface area contributed by atoms with E-state index in [2.05, 4.69) is 45.0 Å². The molecule has 3 rings (SSSR count). The summed E-state index contributed by atoms with van der Waals surface area (Å²) in [5.41, 5.74) is 3.49. The van der Waals surface area contributed by atoms with Gasteiger partial charge in [0.2, 0.25) is 0 Å². The summed E-state index contributed by atoms with van der Waals surface area (Å²) in [5, 5.41) is 8.58. The van der Waals surface area contributed by atoms with E-state index in [-0.39, 0.29) is 24.0 Å². The number of aromatic nitrogens is 1. The van der Waals surface area contributed by atoms with Crippen molar-refractivity contribution in [1.82, 2.24) is 15.6 Å². The van der Waals surface area contributed by atoms with Crippen LogP contribution in [0.2, 0.25) is 5.02 Å². The smallest absolute Gasteiger partial charge is 0.191 e. The standard InChI is InChI=1S/C20H23ClN4O.HI/c1-22-20(25-13-15-7-8-16(21)11-19(15)26-2)23-10-9-14-12-24-18-6-4-3-5-17(14)18;/h3-8,11-12,24H,9-10,13H2,1-2H3,(H2,22,23,25);1H. The number of aromatic amines is 1. The molecule has 3 aromatic rings. The summed E-state index contributed by atoms with van der Waals surface area (Å²) >= 11 is 6.01. The molecule has 0 radical (unpaired) electrons. The van der Waals surface area contributed by atoms with Gasteiger partial charge in [0.05, 0.1) is 7.11 Å². The number of nitrogens with one attached hydrogen (secondary N) is 3. The molecule has 0 aliphatic heterocycles. The van der Waals surface area contributed by atoms with E-state index in [0.29, 0.717) is 11.6 Å². The van der Waals surface area contributed by atoms with Crippen molar-refractivity contribution in [2.75, 3.05) is 20.7 Å². The number of benzene rings is 2. The lowest BCUT2D eigenvalue weighted by atomic mass is 10.1. The zero-order chi connectivity index (χ0) is 18.4. The molecule has 7 heteroatoms. The largest absolute Gasteiger partial charge is 0.496 e. The van der Waals surface area contributed by atoms with E-state index >= 15 is 0 Å². The van der Waals surface area contributed by atoms with E-state index in [1.54, 1.807) is 14.2 Å². The van der Waals surface area contributed by atoms with Crippen LogP contribution in [-0.4, -0.2) is 31.6 Å². The number of H-pyrrole nitrogens is 1. The number of hydrogen-bond donors (Lipinski definition) is 3. The van der Waals surface area contributed by atoms with Gasteiger partial charge < -0.3 is 20.4 Å². The van der Waals surface area contributed by atoms with E-state index in [9.17, 15) is 0 Å². The van der Waals surface area contributed by atoms with Crippen LogP contribution < -0.4 is 15.4 Å². The topological polar surface area (TPSA) is 61.4 Å². The zero-order valence-electron chi connectivity index (χ0n) is 15.4. The second-order valence-electron chi connectivity index (χ2n) is 5.92. The van der Waals surface area contributed by atoms with Crippen molar-refractivity contribution in [3.8, 4) is 5.75 Å². The third-order valence-electron chi connectivity index (χ3n) is 4.28. The predicted octanol–water partition coefficient (Wildman–Crippen LogP) is 4.36. The van der Waals surface area contributed by atoms with Gasteiger partial charge in [-0.05, 0) is 30.2 Å². The van der Waals surface area contributed by atoms with Gasteiger partial charge in [-0.2, -0.15) is 0 Å². The fourth-order valence-electron chi connectivity index (χ4n) is 2.92. The molecule has 0 atom stereocenters. The number of guanidine groups is 1. The SMILES string of the molecule is CN=C(NCCc1c[nH]c2ccccc12)NCc1ccc(Cl)cc1OC.I. The fourth-order valence-corrected chi connectivity index (χ4v) is 3.08. The summed E-state index contributed by atoms with van der Waals surface area (Å²) in [7, 11) is 3.41. The van der Waals surface area contributed by atoms with Gasteiger partial charge >= 0.3 is 0 Å². The van der Waals surface area contributed by atoms with E-state index in [1.807, 2.05) is 24.3 Å². The molecular weight excluding hydrogens is 475 g/mol. The Bertz CT molecular complexity index is 910. The van der Waals surface area contributed by atoms with Gasteiger partial charge in [-0.1, -0.05) is 35.9 Å². The number of para-hydroxylation sites is 1. The highest BCUT2D eigenvalue weighted by Gasteiger charge is 2.06. The van der Waals surface area contributed by atoms with Gasteiger partial charge in [-0.15, -0.1) is 24.0 Å². The number of fused-ring (bicyclic) bond motifs is 1. The van der Waals surface area contributed by atoms with Crippen molar-refractivity contribution in [3.05, 3.63) is 64.8 Å². The van der Waals surface area contributed by atoms with Crippen LogP contribution in [0.3, 0.4) is 0 Å². The van der Waals surface area contributed by atoms with Crippen LogP contribution in [0.25, 0.3) is 10.9 Å². The molecule has 0 spiro atoms. The molecule has 0 saturated carbocycles. The maximum Gasteiger partial charge on any atom is 0.191 e. The molecule has 144 valence electrons. The third-order valence-corrected chi connectivity index (χ3v) is 4.52. The number of ether oxygens (including phenoxy) is 1. The average molecular weight is 499 g/mol. The Balaban J connectivity index is 0.00000261. The van der Waals surface area contributed by atoms with Crippen molar-refractivity contribution in [2.45, 2.75) is 13.0 Å². The highest BCUT2D eigenvalue weighted by molar-refractivity contribution is 14.0. The lowest BCUT2D eigenvalue weighted by Gasteiger charge is -2.14. The number of methoxy groups -OCH3 is 1. The number of nitrogens with zero attached hydrogens (tertiary/aromatic N) is 1. The molecule has 0 aliphatic carbocycles. The molecule has 1 heterocycles. The maximum absolute atomic E-state index is 6.01. The highest BCUT2D eigenvalue weighted by atomic mass is 127. The minimum atomic E-state index is 0. The first-order chi connectivity index (χ1) is 12.7. The third kappa shape index (κ3) is 5.52. The summed E-state index contributed by atoms with van der Waals surface area (Å²) in [6.45, 7) is 1.40. The molecule has 0 saturated heterocycles. The van der Waals surface area contributed by atoms with Crippen LogP contribution in [-0.2, 0) is 13.0 Å². The van der Waals surface area contributed by atoms with Crippen molar-refractivity contribution in [3.63, 3.8) is 0 Å².